The molecule has 3 rings (SSSR count). The standard InChI is InChI=1S/C23H23NO5/c1-14-22(18-7-5-6-8-19(18)24-14)23(26)15(2)29-21(25)12-10-16-9-11-17(27-3)13-20(16)28-4/h5-13,15,24H,1-4H3/b12-10+/t15-/m0/s1. The van der Waals surface area contributed by atoms with E-state index in [1.807, 2.05) is 31.2 Å². The number of ether oxygens (including phenoxy) is 3. The summed E-state index contributed by atoms with van der Waals surface area (Å²) >= 11 is 0. The van der Waals surface area contributed by atoms with Gasteiger partial charge in [-0.3, -0.25) is 4.79 Å². The van der Waals surface area contributed by atoms with Crippen LogP contribution in [0.15, 0.2) is 48.5 Å². The quantitative estimate of drug-likeness (QED) is 0.367. The summed E-state index contributed by atoms with van der Waals surface area (Å²) in [5.41, 5.74) is 2.86. The largest absolute Gasteiger partial charge is 0.497 e. The fourth-order valence-corrected chi connectivity index (χ4v) is 3.18. The van der Waals surface area contributed by atoms with E-state index in [2.05, 4.69) is 4.98 Å². The zero-order chi connectivity index (χ0) is 21.0. The minimum atomic E-state index is -0.914. The van der Waals surface area contributed by atoms with Crippen LogP contribution in [0.5, 0.6) is 11.5 Å². The third-order valence-corrected chi connectivity index (χ3v) is 4.64. The van der Waals surface area contributed by atoms with Crippen LogP contribution in [-0.2, 0) is 9.53 Å². The first-order valence-electron chi connectivity index (χ1n) is 9.16. The molecule has 1 N–H and O–H groups in total. The van der Waals surface area contributed by atoms with Crippen LogP contribution >= 0.6 is 0 Å². The number of Topliss-reactive ketones (excluding diaryl/α,β-unsaturated/α-hetero) is 1. The Morgan fingerprint density at radius 1 is 1.07 bits per heavy atom. The molecule has 0 radical (unpaired) electrons. The molecule has 0 saturated carbocycles. The van der Waals surface area contributed by atoms with E-state index in [1.165, 1.54) is 13.2 Å². The van der Waals surface area contributed by atoms with Gasteiger partial charge in [-0.25, -0.2) is 4.79 Å². The van der Waals surface area contributed by atoms with Gasteiger partial charge in [-0.15, -0.1) is 0 Å². The maximum Gasteiger partial charge on any atom is 0.331 e. The van der Waals surface area contributed by atoms with E-state index in [0.717, 1.165) is 16.6 Å². The molecule has 1 atom stereocenters. The second-order valence-corrected chi connectivity index (χ2v) is 6.56. The molecule has 0 spiro atoms. The van der Waals surface area contributed by atoms with Crippen molar-refractivity contribution in [3.05, 3.63) is 65.4 Å². The minimum absolute atomic E-state index is 0.247. The summed E-state index contributed by atoms with van der Waals surface area (Å²) in [5, 5.41) is 0.816. The number of para-hydroxylation sites is 1. The molecule has 150 valence electrons. The normalized spacial score (nSPS) is 12.1. The lowest BCUT2D eigenvalue weighted by Gasteiger charge is -2.11. The van der Waals surface area contributed by atoms with Crippen molar-refractivity contribution in [2.75, 3.05) is 14.2 Å². The van der Waals surface area contributed by atoms with E-state index in [0.29, 0.717) is 22.6 Å². The number of aryl methyl sites for hydroxylation is 1. The maximum atomic E-state index is 12.9. The number of hydrogen-bond acceptors (Lipinski definition) is 5. The van der Waals surface area contributed by atoms with Gasteiger partial charge in [0.05, 0.1) is 14.2 Å². The molecule has 0 bridgehead atoms. The number of H-pyrrole nitrogens is 1. The molecular weight excluding hydrogens is 370 g/mol. The molecule has 0 fully saturated rings. The first-order valence-corrected chi connectivity index (χ1v) is 9.16. The van der Waals surface area contributed by atoms with Crippen LogP contribution in [0.1, 0.15) is 28.5 Å². The van der Waals surface area contributed by atoms with Gasteiger partial charge in [0.25, 0.3) is 0 Å². The summed E-state index contributed by atoms with van der Waals surface area (Å²) in [6.07, 6.45) is 1.94. The van der Waals surface area contributed by atoms with Crippen LogP contribution in [-0.4, -0.2) is 37.1 Å². The Kier molecular flexibility index (Phi) is 6.02. The summed E-state index contributed by atoms with van der Waals surface area (Å²) < 4.78 is 15.8. The number of carbonyl (C=O) groups excluding carboxylic acids is 2. The number of ketones is 1. The number of methoxy groups -OCH3 is 2. The number of rotatable bonds is 7. The van der Waals surface area contributed by atoms with Gasteiger partial charge in [-0.1, -0.05) is 18.2 Å². The molecule has 0 aliphatic carbocycles. The van der Waals surface area contributed by atoms with Crippen molar-refractivity contribution in [3.8, 4) is 11.5 Å². The average molecular weight is 393 g/mol. The van der Waals surface area contributed by atoms with Crippen LogP contribution in [0.2, 0.25) is 0 Å². The first kappa shape index (κ1) is 20.2. The number of aromatic nitrogens is 1. The molecular formula is C23H23NO5. The van der Waals surface area contributed by atoms with E-state index in [-0.39, 0.29) is 5.78 Å². The molecule has 6 nitrogen and oxygen atoms in total. The maximum absolute atomic E-state index is 12.9. The second-order valence-electron chi connectivity index (χ2n) is 6.56. The van der Waals surface area contributed by atoms with E-state index in [1.54, 1.807) is 38.3 Å². The highest BCUT2D eigenvalue weighted by Crippen LogP contribution is 2.26. The topological polar surface area (TPSA) is 77.6 Å². The second kappa shape index (κ2) is 8.65. The van der Waals surface area contributed by atoms with Crippen molar-refractivity contribution in [1.29, 1.82) is 0 Å². The number of fused-ring (bicyclic) bond motifs is 1. The number of carbonyl (C=O) groups is 2. The zero-order valence-electron chi connectivity index (χ0n) is 16.8. The third-order valence-electron chi connectivity index (χ3n) is 4.64. The van der Waals surface area contributed by atoms with E-state index in [9.17, 15) is 9.59 Å². The average Bonchev–Trinajstić information content (AvgIpc) is 3.07. The lowest BCUT2D eigenvalue weighted by Crippen LogP contribution is -2.24. The summed E-state index contributed by atoms with van der Waals surface area (Å²) in [6, 6.07) is 12.8. The van der Waals surface area contributed by atoms with Crippen LogP contribution in [0, 0.1) is 6.92 Å². The Balaban J connectivity index is 1.73. The molecule has 3 aromatic rings. The predicted molar refractivity (Wildman–Crippen MR) is 112 cm³/mol. The molecule has 29 heavy (non-hydrogen) atoms. The van der Waals surface area contributed by atoms with Crippen molar-refractivity contribution in [2.24, 2.45) is 0 Å². The highest BCUT2D eigenvalue weighted by atomic mass is 16.5. The van der Waals surface area contributed by atoms with E-state index >= 15 is 0 Å². The van der Waals surface area contributed by atoms with Crippen molar-refractivity contribution in [2.45, 2.75) is 20.0 Å². The van der Waals surface area contributed by atoms with Gasteiger partial charge in [-0.05, 0) is 38.1 Å². The minimum Gasteiger partial charge on any atom is -0.497 e. The number of nitrogens with one attached hydrogen (secondary N) is 1. The van der Waals surface area contributed by atoms with Gasteiger partial charge in [0.1, 0.15) is 11.5 Å². The van der Waals surface area contributed by atoms with Crippen molar-refractivity contribution in [3.63, 3.8) is 0 Å². The van der Waals surface area contributed by atoms with Crippen LogP contribution in [0.4, 0.5) is 0 Å². The van der Waals surface area contributed by atoms with Crippen molar-refractivity contribution in [1.82, 2.24) is 4.98 Å². The molecule has 6 heteroatoms. The molecule has 0 aliphatic rings. The summed E-state index contributed by atoms with van der Waals surface area (Å²) in [4.78, 5) is 28.3. The Morgan fingerprint density at radius 3 is 2.55 bits per heavy atom. The Hall–Kier alpha value is -3.54. The highest BCUT2D eigenvalue weighted by Gasteiger charge is 2.23. The monoisotopic (exact) mass is 393 g/mol. The molecule has 0 saturated heterocycles. The fraction of sp³-hybridized carbons (Fsp3) is 0.217. The Labute approximate surface area is 169 Å². The number of hydrogen-bond donors (Lipinski definition) is 1. The van der Waals surface area contributed by atoms with Crippen molar-refractivity contribution >= 4 is 28.7 Å². The number of esters is 1. The van der Waals surface area contributed by atoms with Crippen molar-refractivity contribution < 1.29 is 23.8 Å². The lowest BCUT2D eigenvalue weighted by atomic mass is 10.0. The highest BCUT2D eigenvalue weighted by molar-refractivity contribution is 6.11. The smallest absolute Gasteiger partial charge is 0.331 e. The molecule has 0 aliphatic heterocycles. The van der Waals surface area contributed by atoms with Gasteiger partial charge in [0, 0.05) is 39.9 Å². The summed E-state index contributed by atoms with van der Waals surface area (Å²) in [6.45, 7) is 3.40. The summed E-state index contributed by atoms with van der Waals surface area (Å²) in [7, 11) is 3.10. The van der Waals surface area contributed by atoms with Gasteiger partial charge in [0.2, 0.25) is 5.78 Å². The first-order chi connectivity index (χ1) is 13.9. The zero-order valence-corrected chi connectivity index (χ0v) is 16.8. The Bertz CT molecular complexity index is 1080. The number of benzene rings is 2. The fourth-order valence-electron chi connectivity index (χ4n) is 3.18. The van der Waals surface area contributed by atoms with E-state index in [4.69, 9.17) is 14.2 Å². The molecule has 0 unspecified atom stereocenters. The van der Waals surface area contributed by atoms with Gasteiger partial charge in [0.15, 0.2) is 6.10 Å². The lowest BCUT2D eigenvalue weighted by molar-refractivity contribution is -0.140. The van der Waals surface area contributed by atoms with Crippen LogP contribution < -0.4 is 9.47 Å². The predicted octanol–water partition coefficient (Wildman–Crippen LogP) is 4.32. The summed E-state index contributed by atoms with van der Waals surface area (Å²) in [5.74, 6) is 0.354. The Morgan fingerprint density at radius 2 is 1.83 bits per heavy atom. The van der Waals surface area contributed by atoms with E-state index < -0.39 is 12.1 Å². The van der Waals surface area contributed by atoms with Crippen LogP contribution in [0.25, 0.3) is 17.0 Å². The molecule has 1 heterocycles. The molecule has 1 aromatic heterocycles. The molecule has 0 amide bonds. The van der Waals surface area contributed by atoms with Gasteiger partial charge >= 0.3 is 5.97 Å². The van der Waals surface area contributed by atoms with Gasteiger partial charge in [-0.2, -0.15) is 0 Å². The number of aromatic amines is 1. The third kappa shape index (κ3) is 4.32. The van der Waals surface area contributed by atoms with Crippen LogP contribution in [0.3, 0.4) is 0 Å². The molecule has 2 aromatic carbocycles. The SMILES string of the molecule is COc1ccc(/C=C/C(=O)O[C@@H](C)C(=O)c2c(C)[nH]c3ccccc23)c(OC)c1. The van der Waals surface area contributed by atoms with Gasteiger partial charge < -0.3 is 19.2 Å².